The molecule has 0 bridgehead atoms. The van der Waals surface area contributed by atoms with Gasteiger partial charge in [-0.05, 0) is 48.2 Å². The van der Waals surface area contributed by atoms with E-state index in [-0.39, 0.29) is 18.3 Å². The number of hydrogen-bond acceptors (Lipinski definition) is 3. The van der Waals surface area contributed by atoms with E-state index < -0.39 is 0 Å². The van der Waals surface area contributed by atoms with Crippen molar-refractivity contribution in [2.24, 2.45) is 0 Å². The number of rotatable bonds is 6. The maximum Gasteiger partial charge on any atom is 0.238 e. The zero-order valence-corrected chi connectivity index (χ0v) is 13.1. The summed E-state index contributed by atoms with van der Waals surface area (Å²) in [7, 11) is 0. The normalized spacial score (nSPS) is 10.7. The average Bonchev–Trinajstić information content (AvgIpc) is 2.60. The molecule has 0 unspecified atom stereocenters. The number of halogens is 1. The Morgan fingerprint density at radius 3 is 2.83 bits per heavy atom. The highest BCUT2D eigenvalue weighted by Gasteiger charge is 2.04. The molecule has 122 valence electrons. The van der Waals surface area contributed by atoms with E-state index >= 15 is 0 Å². The third-order valence-electron chi connectivity index (χ3n) is 3.74. The molecular formula is C19H18FN3O. The number of fused-ring (bicyclic) bond motifs is 1. The number of benzene rings is 2. The molecule has 0 aliphatic heterocycles. The smallest absolute Gasteiger partial charge is 0.238 e. The predicted molar refractivity (Wildman–Crippen MR) is 93.3 cm³/mol. The van der Waals surface area contributed by atoms with Gasteiger partial charge in [-0.3, -0.25) is 9.78 Å². The Balaban J connectivity index is 1.47. The van der Waals surface area contributed by atoms with E-state index in [0.29, 0.717) is 18.5 Å². The van der Waals surface area contributed by atoms with Crippen LogP contribution in [-0.4, -0.2) is 24.0 Å². The molecule has 24 heavy (non-hydrogen) atoms. The first kappa shape index (κ1) is 16.1. The predicted octanol–water partition coefficient (Wildman–Crippen LogP) is 3.14. The van der Waals surface area contributed by atoms with Crippen molar-refractivity contribution in [2.45, 2.75) is 6.42 Å². The van der Waals surface area contributed by atoms with Gasteiger partial charge in [0.1, 0.15) is 5.82 Å². The van der Waals surface area contributed by atoms with Gasteiger partial charge in [0.2, 0.25) is 5.91 Å². The summed E-state index contributed by atoms with van der Waals surface area (Å²) in [6.07, 6.45) is 4.05. The van der Waals surface area contributed by atoms with Crippen molar-refractivity contribution in [3.8, 4) is 0 Å². The summed E-state index contributed by atoms with van der Waals surface area (Å²) in [5.41, 5.74) is 1.39. The standard InChI is InChI=1S/C19H18FN3O/c20-18-4-2-1-3-14(18)7-9-22-13-19(24)23-17-6-5-16-12-21-10-8-15(16)11-17/h1-6,8,10-12,22H,7,9,13H2,(H,23,24). The van der Waals surface area contributed by atoms with Gasteiger partial charge in [-0.2, -0.15) is 0 Å². The van der Waals surface area contributed by atoms with Gasteiger partial charge >= 0.3 is 0 Å². The fourth-order valence-corrected chi connectivity index (χ4v) is 2.49. The monoisotopic (exact) mass is 323 g/mol. The van der Waals surface area contributed by atoms with Crippen molar-refractivity contribution in [3.63, 3.8) is 0 Å². The van der Waals surface area contributed by atoms with Crippen LogP contribution in [0.4, 0.5) is 10.1 Å². The maximum absolute atomic E-state index is 13.5. The molecule has 0 radical (unpaired) electrons. The van der Waals surface area contributed by atoms with Gasteiger partial charge in [-0.25, -0.2) is 4.39 Å². The van der Waals surface area contributed by atoms with Gasteiger partial charge < -0.3 is 10.6 Å². The van der Waals surface area contributed by atoms with Crippen molar-refractivity contribution in [2.75, 3.05) is 18.4 Å². The SMILES string of the molecule is O=C(CNCCc1ccccc1F)Nc1ccc2cnccc2c1. The molecule has 3 rings (SSSR count). The van der Waals surface area contributed by atoms with Crippen molar-refractivity contribution < 1.29 is 9.18 Å². The molecule has 0 saturated heterocycles. The maximum atomic E-state index is 13.5. The van der Waals surface area contributed by atoms with Crippen LogP contribution < -0.4 is 10.6 Å². The van der Waals surface area contributed by atoms with Gasteiger partial charge in [0.05, 0.1) is 6.54 Å². The average molecular weight is 323 g/mol. The molecule has 0 saturated carbocycles. The largest absolute Gasteiger partial charge is 0.325 e. The van der Waals surface area contributed by atoms with Crippen molar-refractivity contribution >= 4 is 22.4 Å². The summed E-state index contributed by atoms with van der Waals surface area (Å²) in [5.74, 6) is -0.341. The number of nitrogens with zero attached hydrogens (tertiary/aromatic N) is 1. The van der Waals surface area contributed by atoms with Crippen molar-refractivity contribution in [1.82, 2.24) is 10.3 Å². The third-order valence-corrected chi connectivity index (χ3v) is 3.74. The van der Waals surface area contributed by atoms with Crippen LogP contribution in [0.1, 0.15) is 5.56 Å². The first-order valence-corrected chi connectivity index (χ1v) is 7.80. The molecular weight excluding hydrogens is 305 g/mol. The van der Waals surface area contributed by atoms with Crippen LogP contribution in [0.25, 0.3) is 10.8 Å². The first-order valence-electron chi connectivity index (χ1n) is 7.80. The third kappa shape index (κ3) is 4.14. The van der Waals surface area contributed by atoms with E-state index in [9.17, 15) is 9.18 Å². The summed E-state index contributed by atoms with van der Waals surface area (Å²) >= 11 is 0. The van der Waals surface area contributed by atoms with Crippen LogP contribution in [0.3, 0.4) is 0 Å². The zero-order chi connectivity index (χ0) is 16.8. The minimum Gasteiger partial charge on any atom is -0.325 e. The fourth-order valence-electron chi connectivity index (χ4n) is 2.49. The second-order valence-electron chi connectivity index (χ2n) is 5.50. The molecule has 2 aromatic carbocycles. The Hall–Kier alpha value is -2.79. The molecule has 0 spiro atoms. The number of hydrogen-bond donors (Lipinski definition) is 2. The van der Waals surface area contributed by atoms with Crippen LogP contribution in [0.15, 0.2) is 60.9 Å². The highest BCUT2D eigenvalue weighted by atomic mass is 19.1. The second kappa shape index (κ2) is 7.66. The van der Waals surface area contributed by atoms with Gasteiger partial charge in [0.15, 0.2) is 0 Å². The molecule has 1 aromatic heterocycles. The molecule has 0 fully saturated rings. The second-order valence-corrected chi connectivity index (χ2v) is 5.50. The number of carbonyl (C=O) groups is 1. The minimum atomic E-state index is -0.214. The first-order chi connectivity index (χ1) is 11.7. The fraction of sp³-hybridized carbons (Fsp3) is 0.158. The molecule has 2 N–H and O–H groups in total. The summed E-state index contributed by atoms with van der Waals surface area (Å²) in [5, 5.41) is 7.93. The van der Waals surface area contributed by atoms with E-state index in [4.69, 9.17) is 0 Å². The quantitative estimate of drug-likeness (QED) is 0.685. The number of amides is 1. The lowest BCUT2D eigenvalue weighted by atomic mass is 10.1. The molecule has 4 nitrogen and oxygen atoms in total. The topological polar surface area (TPSA) is 54.0 Å². The van der Waals surface area contributed by atoms with E-state index in [1.165, 1.54) is 6.07 Å². The molecule has 1 heterocycles. The summed E-state index contributed by atoms with van der Waals surface area (Å²) < 4.78 is 13.5. The van der Waals surface area contributed by atoms with E-state index in [0.717, 1.165) is 16.5 Å². The highest BCUT2D eigenvalue weighted by Crippen LogP contribution is 2.17. The number of nitrogens with one attached hydrogen (secondary N) is 2. The van der Waals surface area contributed by atoms with Gasteiger partial charge in [-0.15, -0.1) is 0 Å². The van der Waals surface area contributed by atoms with Crippen LogP contribution in [0.5, 0.6) is 0 Å². The van der Waals surface area contributed by atoms with E-state index in [1.54, 1.807) is 30.6 Å². The van der Waals surface area contributed by atoms with Gasteiger partial charge in [0.25, 0.3) is 0 Å². The molecule has 1 amide bonds. The summed E-state index contributed by atoms with van der Waals surface area (Å²) in [6.45, 7) is 0.723. The molecule has 0 aliphatic rings. The zero-order valence-electron chi connectivity index (χ0n) is 13.1. The van der Waals surface area contributed by atoms with Crippen LogP contribution in [0.2, 0.25) is 0 Å². The Labute approximate surface area is 139 Å². The summed E-state index contributed by atoms with van der Waals surface area (Å²) in [6, 6.07) is 14.2. The van der Waals surface area contributed by atoms with Crippen molar-refractivity contribution in [3.05, 3.63) is 72.3 Å². The Kier molecular flexibility index (Phi) is 5.13. The summed E-state index contributed by atoms with van der Waals surface area (Å²) in [4.78, 5) is 16.0. The molecule has 5 heteroatoms. The molecule has 3 aromatic rings. The van der Waals surface area contributed by atoms with Crippen LogP contribution in [0, 0.1) is 5.82 Å². The lowest BCUT2D eigenvalue weighted by molar-refractivity contribution is -0.115. The molecule has 0 aliphatic carbocycles. The van der Waals surface area contributed by atoms with Gasteiger partial charge in [-0.1, -0.05) is 24.3 Å². The van der Waals surface area contributed by atoms with E-state index in [1.807, 2.05) is 24.3 Å². The Bertz CT molecular complexity index is 851. The lowest BCUT2D eigenvalue weighted by Gasteiger charge is -2.08. The Morgan fingerprint density at radius 2 is 1.96 bits per heavy atom. The van der Waals surface area contributed by atoms with Crippen LogP contribution in [-0.2, 0) is 11.2 Å². The number of pyridine rings is 1. The minimum absolute atomic E-state index is 0.128. The van der Waals surface area contributed by atoms with Gasteiger partial charge in [0, 0.05) is 23.5 Å². The number of aromatic nitrogens is 1. The van der Waals surface area contributed by atoms with Crippen LogP contribution >= 0.6 is 0 Å². The van der Waals surface area contributed by atoms with E-state index in [2.05, 4.69) is 15.6 Å². The lowest BCUT2D eigenvalue weighted by Crippen LogP contribution is -2.29. The number of anilines is 1. The Morgan fingerprint density at radius 1 is 1.08 bits per heavy atom. The number of carbonyl (C=O) groups excluding carboxylic acids is 1. The highest BCUT2D eigenvalue weighted by molar-refractivity contribution is 5.95. The van der Waals surface area contributed by atoms with Crippen molar-refractivity contribution in [1.29, 1.82) is 0 Å². The molecule has 0 atom stereocenters.